The summed E-state index contributed by atoms with van der Waals surface area (Å²) < 4.78 is 11.5. The fourth-order valence-electron chi connectivity index (χ4n) is 4.89. The SMILES string of the molecule is C=CCNC(=O)C(=O)C(CCCC)NC(=O)C1C(C)CCN1C(=O)C(NC(=O)NC(CNCCCNSO)NC)C(C)(C)C. The quantitative estimate of drug-likeness (QED) is 0.0234. The first kappa shape index (κ1) is 39.3. The predicted molar refractivity (Wildman–Crippen MR) is 172 cm³/mol. The van der Waals surface area contributed by atoms with Crippen LogP contribution in [0.25, 0.3) is 0 Å². The molecule has 44 heavy (non-hydrogen) atoms. The van der Waals surface area contributed by atoms with Crippen molar-refractivity contribution in [2.24, 2.45) is 11.3 Å². The van der Waals surface area contributed by atoms with Crippen LogP contribution in [0.3, 0.4) is 0 Å². The van der Waals surface area contributed by atoms with E-state index in [1.807, 2.05) is 34.6 Å². The van der Waals surface area contributed by atoms with Gasteiger partial charge in [0.05, 0.1) is 24.4 Å². The van der Waals surface area contributed by atoms with Crippen LogP contribution in [0.4, 0.5) is 4.79 Å². The Balaban J connectivity index is 3.00. The molecule has 0 bridgehead atoms. The maximum Gasteiger partial charge on any atom is 0.316 e. The summed E-state index contributed by atoms with van der Waals surface area (Å²) in [5.41, 5.74) is -0.685. The van der Waals surface area contributed by atoms with Gasteiger partial charge in [-0.3, -0.25) is 24.5 Å². The molecule has 1 heterocycles. The Morgan fingerprint density at radius 1 is 1.09 bits per heavy atom. The lowest BCUT2D eigenvalue weighted by molar-refractivity contribution is -0.144. The highest BCUT2D eigenvalue weighted by Gasteiger charge is 2.45. The lowest BCUT2D eigenvalue weighted by Crippen LogP contribution is -2.62. The summed E-state index contributed by atoms with van der Waals surface area (Å²) in [4.78, 5) is 67.3. The van der Waals surface area contributed by atoms with Crippen LogP contribution < -0.4 is 36.6 Å². The van der Waals surface area contributed by atoms with Gasteiger partial charge in [0.25, 0.3) is 5.91 Å². The van der Waals surface area contributed by atoms with Crippen molar-refractivity contribution in [2.45, 2.75) is 91.0 Å². The maximum atomic E-state index is 14.0. The number of unbranched alkanes of at least 4 members (excludes halogenated alkanes) is 1. The highest BCUT2D eigenvalue weighted by atomic mass is 32.2. The molecule has 0 aromatic carbocycles. The van der Waals surface area contributed by atoms with E-state index in [0.717, 1.165) is 12.8 Å². The van der Waals surface area contributed by atoms with Crippen molar-refractivity contribution in [3.8, 4) is 0 Å². The third-order valence-corrected chi connectivity index (χ3v) is 7.78. The van der Waals surface area contributed by atoms with Gasteiger partial charge in [-0.05, 0) is 44.2 Å². The summed E-state index contributed by atoms with van der Waals surface area (Å²) >= 11 is 0.569. The van der Waals surface area contributed by atoms with Gasteiger partial charge in [0.2, 0.25) is 17.6 Å². The number of rotatable bonds is 20. The molecule has 0 radical (unpaired) electrons. The zero-order chi connectivity index (χ0) is 33.3. The number of nitrogens with one attached hydrogen (secondary N) is 7. The average Bonchev–Trinajstić information content (AvgIpc) is 3.37. The molecule has 1 saturated heterocycles. The third kappa shape index (κ3) is 13.1. The van der Waals surface area contributed by atoms with Crippen LogP contribution in [0.5, 0.6) is 0 Å². The molecule has 8 N–H and O–H groups in total. The van der Waals surface area contributed by atoms with Crippen molar-refractivity contribution >= 4 is 41.8 Å². The summed E-state index contributed by atoms with van der Waals surface area (Å²) in [6.07, 6.45) is 4.08. The van der Waals surface area contributed by atoms with Crippen LogP contribution >= 0.6 is 12.2 Å². The fraction of sp³-hybridized carbons (Fsp3) is 0.759. The molecule has 14 nitrogen and oxygen atoms in total. The van der Waals surface area contributed by atoms with Crippen molar-refractivity contribution in [2.75, 3.05) is 39.8 Å². The second-order valence-electron chi connectivity index (χ2n) is 12.1. The highest BCUT2D eigenvalue weighted by molar-refractivity contribution is 7.91. The van der Waals surface area contributed by atoms with Gasteiger partial charge < -0.3 is 36.0 Å². The average molecular weight is 643 g/mol. The molecule has 5 atom stereocenters. The summed E-state index contributed by atoms with van der Waals surface area (Å²) in [6, 6.07) is -3.37. The Labute approximate surface area is 266 Å². The van der Waals surface area contributed by atoms with Crippen LogP contribution in [0.15, 0.2) is 12.7 Å². The van der Waals surface area contributed by atoms with E-state index in [0.29, 0.717) is 57.7 Å². The minimum atomic E-state index is -1.02. The lowest BCUT2D eigenvalue weighted by Gasteiger charge is -2.36. The second-order valence-corrected chi connectivity index (χ2v) is 12.6. The molecule has 252 valence electrons. The smallest absolute Gasteiger partial charge is 0.316 e. The van der Waals surface area contributed by atoms with Crippen molar-refractivity contribution < 1.29 is 28.5 Å². The van der Waals surface area contributed by atoms with Crippen LogP contribution in [0.1, 0.15) is 66.7 Å². The van der Waals surface area contributed by atoms with E-state index in [-0.39, 0.29) is 12.5 Å². The highest BCUT2D eigenvalue weighted by Crippen LogP contribution is 2.29. The van der Waals surface area contributed by atoms with Crippen LogP contribution in [0, 0.1) is 11.3 Å². The van der Waals surface area contributed by atoms with Gasteiger partial charge >= 0.3 is 6.03 Å². The Bertz CT molecular complexity index is 963. The molecule has 5 amide bonds. The molecule has 0 spiro atoms. The molecular weight excluding hydrogens is 588 g/mol. The number of nitrogens with zero attached hydrogens (tertiary/aromatic N) is 1. The molecule has 15 heteroatoms. The van der Waals surface area contributed by atoms with Crippen molar-refractivity contribution in [3.05, 3.63) is 12.7 Å². The molecule has 0 aromatic rings. The summed E-state index contributed by atoms with van der Waals surface area (Å²) in [5.74, 6) is -2.63. The fourth-order valence-corrected chi connectivity index (χ4v) is 5.12. The van der Waals surface area contributed by atoms with Crippen molar-refractivity contribution in [3.63, 3.8) is 0 Å². The number of carbonyl (C=O) groups excluding carboxylic acids is 5. The van der Waals surface area contributed by atoms with E-state index in [4.69, 9.17) is 4.55 Å². The number of likely N-dealkylation sites (N-methyl/N-ethyl adjacent to an activating group) is 1. The third-order valence-electron chi connectivity index (χ3n) is 7.45. The first-order valence-electron chi connectivity index (χ1n) is 15.3. The minimum Gasteiger partial charge on any atom is -0.346 e. The van der Waals surface area contributed by atoms with E-state index in [9.17, 15) is 24.0 Å². The number of hydrogen-bond donors (Lipinski definition) is 8. The monoisotopic (exact) mass is 642 g/mol. The Hall–Kier alpha value is -2.72. The molecule has 1 aliphatic heterocycles. The number of hydrogen-bond acceptors (Lipinski definition) is 10. The summed E-state index contributed by atoms with van der Waals surface area (Å²) in [5, 5.41) is 17.1. The van der Waals surface area contributed by atoms with Gasteiger partial charge in [-0.15, -0.1) is 6.58 Å². The predicted octanol–water partition coefficient (Wildman–Crippen LogP) is 0.720. The zero-order valence-corrected chi connectivity index (χ0v) is 27.9. The maximum absolute atomic E-state index is 14.0. The topological polar surface area (TPSA) is 193 Å². The standard InChI is InChI=1S/C29H54N8O6S/c1-8-10-12-20(23(38)26(40)32-14-9-2)34-25(39)22-19(3)13-17-37(22)27(41)24(29(4,5)6)36-28(42)35-21(30-7)18-31-15-11-16-33-44-43/h9,19-22,24,30-31,33,43H,2,8,10-18H2,1,3-7H3,(H,32,40)(H,34,39)(H2,35,36,42). The molecule has 5 unspecified atom stereocenters. The first-order valence-corrected chi connectivity index (χ1v) is 16.1. The second kappa shape index (κ2) is 20.3. The molecule has 1 fully saturated rings. The molecule has 0 aromatic heterocycles. The van der Waals surface area contributed by atoms with Gasteiger partial charge in [0.15, 0.2) is 0 Å². The normalized spacial score (nSPS) is 18.6. The van der Waals surface area contributed by atoms with E-state index in [1.165, 1.54) is 11.0 Å². The van der Waals surface area contributed by atoms with E-state index in [1.54, 1.807) is 7.05 Å². The zero-order valence-electron chi connectivity index (χ0n) is 27.1. The Morgan fingerprint density at radius 2 is 1.80 bits per heavy atom. The Kier molecular flexibility index (Phi) is 18.2. The van der Waals surface area contributed by atoms with Gasteiger partial charge in [-0.1, -0.05) is 53.5 Å². The number of carbonyl (C=O) groups is 5. The number of urea groups is 1. The molecule has 1 aliphatic rings. The molecule has 1 rings (SSSR count). The first-order chi connectivity index (χ1) is 20.8. The number of Topliss-reactive ketones (excluding diaryl/α,β-unsaturated/α-hetero) is 1. The number of likely N-dealkylation sites (tertiary alicyclic amines) is 1. The van der Waals surface area contributed by atoms with Crippen LogP contribution in [0.2, 0.25) is 0 Å². The van der Waals surface area contributed by atoms with Gasteiger partial charge in [-0.25, -0.2) is 9.52 Å². The van der Waals surface area contributed by atoms with E-state index < -0.39 is 59.2 Å². The summed E-state index contributed by atoms with van der Waals surface area (Å²) in [6.45, 7) is 15.0. The van der Waals surface area contributed by atoms with Crippen molar-refractivity contribution in [1.82, 2.24) is 41.5 Å². The Morgan fingerprint density at radius 3 is 2.39 bits per heavy atom. The van der Waals surface area contributed by atoms with Gasteiger partial charge in [-0.2, -0.15) is 0 Å². The van der Waals surface area contributed by atoms with Gasteiger partial charge in [0.1, 0.15) is 12.1 Å². The van der Waals surface area contributed by atoms with Crippen LogP contribution in [-0.4, -0.2) is 103 Å². The number of ketones is 1. The number of amides is 5. The van der Waals surface area contributed by atoms with Crippen LogP contribution in [-0.2, 0) is 19.2 Å². The molecular formula is C29H54N8O6S. The van der Waals surface area contributed by atoms with Gasteiger partial charge in [0, 0.05) is 26.2 Å². The summed E-state index contributed by atoms with van der Waals surface area (Å²) in [7, 11) is 1.71. The van der Waals surface area contributed by atoms with E-state index >= 15 is 0 Å². The van der Waals surface area contributed by atoms with E-state index in [2.05, 4.69) is 43.2 Å². The molecule has 0 aliphatic carbocycles. The van der Waals surface area contributed by atoms with Crippen molar-refractivity contribution in [1.29, 1.82) is 0 Å². The minimum absolute atomic E-state index is 0.129. The largest absolute Gasteiger partial charge is 0.346 e. The molecule has 0 saturated carbocycles. The lowest BCUT2D eigenvalue weighted by atomic mass is 9.85.